The standard InChI is InChI=1S/C9H12N6O3/c1-14-6-5(7(16)15(2)9(14)18)12-4(13-6)3-11-8(10)17/h3H2,1-2H3,(H,12,13)(H3,10,11,17). The zero-order valence-corrected chi connectivity index (χ0v) is 9.85. The lowest BCUT2D eigenvalue weighted by molar-refractivity contribution is 0.248. The molecule has 0 bridgehead atoms. The minimum absolute atomic E-state index is 0.0569. The highest BCUT2D eigenvalue weighted by Gasteiger charge is 2.13. The number of aryl methyl sites for hydroxylation is 1. The molecule has 0 saturated heterocycles. The van der Waals surface area contributed by atoms with Gasteiger partial charge in [-0.2, -0.15) is 0 Å². The second-order valence-electron chi connectivity index (χ2n) is 3.81. The van der Waals surface area contributed by atoms with E-state index in [0.29, 0.717) is 5.82 Å². The van der Waals surface area contributed by atoms with E-state index in [1.54, 1.807) is 0 Å². The molecule has 0 fully saturated rings. The summed E-state index contributed by atoms with van der Waals surface area (Å²) in [6.45, 7) is 0.0569. The molecule has 2 rings (SSSR count). The Morgan fingerprint density at radius 2 is 2.06 bits per heavy atom. The molecule has 4 N–H and O–H groups in total. The predicted octanol–water partition coefficient (Wildman–Crippen LogP) is -1.87. The third-order valence-electron chi connectivity index (χ3n) is 2.57. The number of aromatic amines is 1. The van der Waals surface area contributed by atoms with Gasteiger partial charge in [-0.25, -0.2) is 14.6 Å². The van der Waals surface area contributed by atoms with Crippen molar-refractivity contribution in [2.45, 2.75) is 6.54 Å². The van der Waals surface area contributed by atoms with Crippen LogP contribution in [-0.2, 0) is 20.6 Å². The molecular formula is C9H12N6O3. The second-order valence-corrected chi connectivity index (χ2v) is 3.81. The number of amides is 2. The fourth-order valence-corrected chi connectivity index (χ4v) is 1.63. The van der Waals surface area contributed by atoms with Crippen molar-refractivity contribution in [3.63, 3.8) is 0 Å². The number of rotatable bonds is 2. The second kappa shape index (κ2) is 4.02. The van der Waals surface area contributed by atoms with Crippen molar-refractivity contribution in [2.75, 3.05) is 0 Å². The van der Waals surface area contributed by atoms with E-state index in [2.05, 4.69) is 15.3 Å². The Kier molecular flexibility index (Phi) is 2.66. The van der Waals surface area contributed by atoms with Crippen molar-refractivity contribution in [1.82, 2.24) is 24.4 Å². The topological polar surface area (TPSA) is 128 Å². The van der Waals surface area contributed by atoms with Crippen molar-refractivity contribution < 1.29 is 4.79 Å². The van der Waals surface area contributed by atoms with Crippen molar-refractivity contribution in [3.05, 3.63) is 26.7 Å². The summed E-state index contributed by atoms with van der Waals surface area (Å²) in [4.78, 5) is 40.9. The first-order valence-corrected chi connectivity index (χ1v) is 5.09. The smallest absolute Gasteiger partial charge is 0.332 e. The number of carbonyl (C=O) groups is 1. The maximum Gasteiger partial charge on any atom is 0.332 e. The van der Waals surface area contributed by atoms with Crippen molar-refractivity contribution >= 4 is 17.2 Å². The number of hydrogen-bond acceptors (Lipinski definition) is 4. The average Bonchev–Trinajstić information content (AvgIpc) is 2.75. The van der Waals surface area contributed by atoms with E-state index in [1.807, 2.05) is 0 Å². The molecule has 9 nitrogen and oxygen atoms in total. The van der Waals surface area contributed by atoms with Gasteiger partial charge in [0, 0.05) is 14.1 Å². The Labute approximate surface area is 100 Å². The van der Waals surface area contributed by atoms with E-state index < -0.39 is 17.3 Å². The fourth-order valence-electron chi connectivity index (χ4n) is 1.63. The number of fused-ring (bicyclic) bond motifs is 1. The quantitative estimate of drug-likeness (QED) is 0.578. The number of primary amides is 1. The molecule has 0 aliphatic heterocycles. The van der Waals surface area contributed by atoms with Crippen molar-refractivity contribution in [3.8, 4) is 0 Å². The van der Waals surface area contributed by atoms with Gasteiger partial charge in [-0.15, -0.1) is 0 Å². The normalized spacial score (nSPS) is 10.8. The van der Waals surface area contributed by atoms with E-state index in [0.717, 1.165) is 4.57 Å². The van der Waals surface area contributed by atoms with Gasteiger partial charge in [-0.1, -0.05) is 0 Å². The summed E-state index contributed by atoms with van der Waals surface area (Å²) in [7, 11) is 2.89. The first-order chi connectivity index (χ1) is 8.41. The van der Waals surface area contributed by atoms with Crippen LogP contribution in [0.1, 0.15) is 5.82 Å². The largest absolute Gasteiger partial charge is 0.352 e. The van der Waals surface area contributed by atoms with Crippen LogP contribution in [0.2, 0.25) is 0 Å². The highest BCUT2D eigenvalue weighted by molar-refractivity contribution is 5.72. The summed E-state index contributed by atoms with van der Waals surface area (Å²) in [5.74, 6) is 0.349. The van der Waals surface area contributed by atoms with Crippen LogP contribution >= 0.6 is 0 Å². The number of H-pyrrole nitrogens is 1. The SMILES string of the molecule is Cn1c(=O)c2[nH]c(CNC(N)=O)nc2n(C)c1=O. The fraction of sp³-hybridized carbons (Fsp3) is 0.333. The van der Waals surface area contributed by atoms with Crippen LogP contribution < -0.4 is 22.3 Å². The molecule has 2 amide bonds. The molecule has 0 aliphatic rings. The Hall–Kier alpha value is -2.58. The van der Waals surface area contributed by atoms with E-state index in [-0.39, 0.29) is 17.7 Å². The van der Waals surface area contributed by atoms with Crippen LogP contribution in [0.3, 0.4) is 0 Å². The van der Waals surface area contributed by atoms with Gasteiger partial charge in [0.2, 0.25) is 0 Å². The molecule has 0 aliphatic carbocycles. The highest BCUT2D eigenvalue weighted by atomic mass is 16.2. The average molecular weight is 252 g/mol. The Morgan fingerprint density at radius 1 is 1.39 bits per heavy atom. The minimum Gasteiger partial charge on any atom is -0.352 e. The number of hydrogen-bond donors (Lipinski definition) is 3. The third kappa shape index (κ3) is 1.75. The van der Waals surface area contributed by atoms with Crippen LogP contribution in [0, 0.1) is 0 Å². The molecule has 0 unspecified atom stereocenters. The number of carbonyl (C=O) groups excluding carboxylic acids is 1. The van der Waals surface area contributed by atoms with Gasteiger partial charge in [0.25, 0.3) is 5.56 Å². The van der Waals surface area contributed by atoms with E-state index in [9.17, 15) is 14.4 Å². The molecule has 2 heterocycles. The summed E-state index contributed by atoms with van der Waals surface area (Å²) >= 11 is 0. The van der Waals surface area contributed by atoms with Gasteiger partial charge < -0.3 is 16.0 Å². The number of nitrogens with zero attached hydrogens (tertiary/aromatic N) is 3. The summed E-state index contributed by atoms with van der Waals surface area (Å²) in [6, 6.07) is -0.697. The van der Waals surface area contributed by atoms with Crippen LogP contribution in [-0.4, -0.2) is 25.1 Å². The summed E-state index contributed by atoms with van der Waals surface area (Å²) in [5.41, 5.74) is 4.45. The number of nitrogens with one attached hydrogen (secondary N) is 2. The molecule has 0 atom stereocenters. The van der Waals surface area contributed by atoms with Crippen molar-refractivity contribution in [1.29, 1.82) is 0 Å². The zero-order chi connectivity index (χ0) is 13.4. The summed E-state index contributed by atoms with van der Waals surface area (Å²) in [6.07, 6.45) is 0. The summed E-state index contributed by atoms with van der Waals surface area (Å²) in [5, 5.41) is 2.34. The Bertz CT molecular complexity index is 737. The maximum absolute atomic E-state index is 11.8. The van der Waals surface area contributed by atoms with Crippen LogP contribution in [0.4, 0.5) is 4.79 Å². The molecule has 0 aromatic carbocycles. The lowest BCUT2D eigenvalue weighted by Crippen LogP contribution is -2.36. The first kappa shape index (κ1) is 11.9. The Balaban J connectivity index is 2.61. The Morgan fingerprint density at radius 3 is 2.67 bits per heavy atom. The first-order valence-electron chi connectivity index (χ1n) is 5.09. The lowest BCUT2D eigenvalue weighted by atomic mass is 10.5. The molecule has 96 valence electrons. The van der Waals surface area contributed by atoms with Gasteiger partial charge >= 0.3 is 11.7 Å². The van der Waals surface area contributed by atoms with Crippen molar-refractivity contribution in [2.24, 2.45) is 19.8 Å². The van der Waals surface area contributed by atoms with Gasteiger partial charge in [-0.05, 0) is 0 Å². The molecule has 0 spiro atoms. The monoisotopic (exact) mass is 252 g/mol. The molecule has 18 heavy (non-hydrogen) atoms. The van der Waals surface area contributed by atoms with E-state index >= 15 is 0 Å². The van der Waals surface area contributed by atoms with E-state index in [1.165, 1.54) is 18.7 Å². The van der Waals surface area contributed by atoms with Crippen LogP contribution in [0.15, 0.2) is 9.59 Å². The number of nitrogens with two attached hydrogens (primary N) is 1. The maximum atomic E-state index is 11.8. The predicted molar refractivity (Wildman–Crippen MR) is 63.0 cm³/mol. The van der Waals surface area contributed by atoms with Crippen LogP contribution in [0.25, 0.3) is 11.2 Å². The molecule has 2 aromatic heterocycles. The van der Waals surface area contributed by atoms with Crippen LogP contribution in [0.5, 0.6) is 0 Å². The molecule has 9 heteroatoms. The highest BCUT2D eigenvalue weighted by Crippen LogP contribution is 2.03. The molecule has 2 aromatic rings. The van der Waals surface area contributed by atoms with Gasteiger partial charge in [0.15, 0.2) is 5.65 Å². The van der Waals surface area contributed by atoms with E-state index in [4.69, 9.17) is 5.73 Å². The number of urea groups is 1. The molecular weight excluding hydrogens is 240 g/mol. The minimum atomic E-state index is -0.697. The molecule has 0 radical (unpaired) electrons. The zero-order valence-electron chi connectivity index (χ0n) is 9.85. The van der Waals surface area contributed by atoms with Gasteiger partial charge in [-0.3, -0.25) is 13.9 Å². The van der Waals surface area contributed by atoms with Gasteiger partial charge in [0.05, 0.1) is 6.54 Å². The number of imidazole rings is 1. The summed E-state index contributed by atoms with van der Waals surface area (Å²) < 4.78 is 2.23. The lowest BCUT2D eigenvalue weighted by Gasteiger charge is -2.00. The van der Waals surface area contributed by atoms with Gasteiger partial charge in [0.1, 0.15) is 11.3 Å². The molecule has 0 saturated carbocycles. The number of aromatic nitrogens is 4. The third-order valence-corrected chi connectivity index (χ3v) is 2.57.